The van der Waals surface area contributed by atoms with Gasteiger partial charge in [0.05, 0.1) is 42.1 Å². The summed E-state index contributed by atoms with van der Waals surface area (Å²) >= 11 is 0. The van der Waals surface area contributed by atoms with E-state index in [1.165, 1.54) is 6.07 Å². The van der Waals surface area contributed by atoms with Crippen LogP contribution in [-0.2, 0) is 28.0 Å². The molecular weight excluding hydrogens is 471 g/mol. The lowest BCUT2D eigenvalue weighted by molar-refractivity contribution is -0.144. The molecule has 0 bridgehead atoms. The fraction of sp³-hybridized carbons (Fsp3) is 0.400. The first-order chi connectivity index (χ1) is 15.2. The summed E-state index contributed by atoms with van der Waals surface area (Å²) in [7, 11) is 0. The van der Waals surface area contributed by atoms with Crippen LogP contribution >= 0.6 is 0 Å². The lowest BCUT2D eigenvalue weighted by atomic mass is 9.92. The molecule has 0 amide bonds. The number of pyridine rings is 1. The fourth-order valence-corrected chi connectivity index (χ4v) is 3.40. The number of hydrogen-bond donors (Lipinski definition) is 0. The van der Waals surface area contributed by atoms with E-state index in [1.807, 2.05) is 0 Å². The van der Waals surface area contributed by atoms with E-state index in [9.17, 15) is 39.5 Å². The molecule has 178 valence electrons. The molecule has 33 heavy (non-hydrogen) atoms. The first-order valence-corrected chi connectivity index (χ1v) is 9.20. The maximum absolute atomic E-state index is 13.4. The molecule has 13 heteroatoms. The van der Waals surface area contributed by atoms with Crippen LogP contribution in [0.2, 0.25) is 0 Å². The van der Waals surface area contributed by atoms with Crippen LogP contribution in [-0.4, -0.2) is 18.2 Å². The van der Waals surface area contributed by atoms with Gasteiger partial charge >= 0.3 is 18.5 Å². The highest BCUT2D eigenvalue weighted by molar-refractivity contribution is 5.50. The van der Waals surface area contributed by atoms with Crippen molar-refractivity contribution in [3.05, 3.63) is 64.0 Å². The van der Waals surface area contributed by atoms with E-state index in [0.29, 0.717) is 18.2 Å². The molecule has 4 nitrogen and oxygen atoms in total. The summed E-state index contributed by atoms with van der Waals surface area (Å²) in [5.74, 6) is 0. The van der Waals surface area contributed by atoms with Gasteiger partial charge < -0.3 is 9.47 Å². The van der Waals surface area contributed by atoms with Crippen molar-refractivity contribution in [2.75, 3.05) is 13.2 Å². The van der Waals surface area contributed by atoms with Crippen molar-refractivity contribution in [3.8, 4) is 6.07 Å². The van der Waals surface area contributed by atoms with Crippen LogP contribution in [0.5, 0.6) is 0 Å². The number of hydrogen-bond acceptors (Lipinski definition) is 4. The highest BCUT2D eigenvalue weighted by atomic mass is 19.4. The van der Waals surface area contributed by atoms with Crippen LogP contribution in [0.1, 0.15) is 52.1 Å². The van der Waals surface area contributed by atoms with Gasteiger partial charge in [0.25, 0.3) is 0 Å². The third-order valence-corrected chi connectivity index (χ3v) is 4.85. The normalized spacial score (nSPS) is 20.2. The van der Waals surface area contributed by atoms with E-state index in [-0.39, 0.29) is 25.2 Å². The van der Waals surface area contributed by atoms with Crippen molar-refractivity contribution in [2.45, 2.75) is 37.2 Å². The Balaban J connectivity index is 2.06. The number of benzene rings is 1. The average molecular weight is 484 g/mol. The lowest BCUT2D eigenvalue weighted by Gasteiger charge is -2.23. The van der Waals surface area contributed by atoms with Gasteiger partial charge in [-0.1, -0.05) is 0 Å². The molecule has 2 heterocycles. The Morgan fingerprint density at radius 1 is 0.788 bits per heavy atom. The van der Waals surface area contributed by atoms with Crippen LogP contribution in [0, 0.1) is 11.3 Å². The monoisotopic (exact) mass is 484 g/mol. The zero-order chi connectivity index (χ0) is 24.6. The summed E-state index contributed by atoms with van der Waals surface area (Å²) in [5, 5.41) is 8.96. The molecule has 1 aliphatic heterocycles. The molecule has 1 fully saturated rings. The standard InChI is InChI=1S/C20H13F9N2O2/c21-18(22,23)13-5-11(6-14(12(13)9-30)19(24,25)26)16-8-15(32-3-4-33-16)10-1-2-31-17(7-10)20(27,28)29/h1-2,5-7,15-16H,3-4,8H2. The summed E-state index contributed by atoms with van der Waals surface area (Å²) in [6, 6.07) is 3.61. The molecule has 2 aromatic rings. The maximum atomic E-state index is 13.4. The second-order valence-corrected chi connectivity index (χ2v) is 7.03. The number of halogens is 9. The Morgan fingerprint density at radius 3 is 1.76 bits per heavy atom. The number of nitriles is 1. The minimum absolute atomic E-state index is 0.0199. The Kier molecular flexibility index (Phi) is 6.63. The van der Waals surface area contributed by atoms with Crippen molar-refractivity contribution in [1.82, 2.24) is 4.98 Å². The molecule has 2 unspecified atom stereocenters. The summed E-state index contributed by atoms with van der Waals surface area (Å²) in [4.78, 5) is 3.21. The zero-order valence-corrected chi connectivity index (χ0v) is 16.3. The molecule has 0 spiro atoms. The van der Waals surface area contributed by atoms with Crippen LogP contribution in [0.3, 0.4) is 0 Å². The van der Waals surface area contributed by atoms with Crippen molar-refractivity contribution >= 4 is 0 Å². The van der Waals surface area contributed by atoms with Crippen LogP contribution in [0.4, 0.5) is 39.5 Å². The first kappa shape index (κ1) is 24.8. The van der Waals surface area contributed by atoms with Crippen molar-refractivity contribution in [1.29, 1.82) is 5.26 Å². The number of aromatic nitrogens is 1. The predicted molar refractivity (Wildman–Crippen MR) is 92.4 cm³/mol. The quantitative estimate of drug-likeness (QED) is 0.475. The Morgan fingerprint density at radius 2 is 1.30 bits per heavy atom. The average Bonchev–Trinajstić information content (AvgIpc) is 2.97. The topological polar surface area (TPSA) is 55.1 Å². The molecule has 0 saturated carbocycles. The smallest absolute Gasteiger partial charge is 0.371 e. The first-order valence-electron chi connectivity index (χ1n) is 9.20. The highest BCUT2D eigenvalue weighted by Crippen LogP contribution is 2.43. The Labute approximate surface area is 180 Å². The molecule has 1 aromatic carbocycles. The van der Waals surface area contributed by atoms with Gasteiger partial charge in [-0.3, -0.25) is 4.98 Å². The second-order valence-electron chi connectivity index (χ2n) is 7.03. The zero-order valence-electron chi connectivity index (χ0n) is 16.3. The highest BCUT2D eigenvalue weighted by Gasteiger charge is 2.42. The molecule has 3 rings (SSSR count). The van der Waals surface area contributed by atoms with E-state index < -0.39 is 58.7 Å². The Bertz CT molecular complexity index is 1020. The SMILES string of the molecule is N#Cc1c(C(F)(F)F)cc(C2CC(c3ccnc(C(F)(F)F)c3)OCCO2)cc1C(F)(F)F. The summed E-state index contributed by atoms with van der Waals surface area (Å²) < 4.78 is 130. The number of rotatable bonds is 2. The van der Waals surface area contributed by atoms with Crippen LogP contribution < -0.4 is 0 Å². The molecule has 2 atom stereocenters. The molecule has 0 radical (unpaired) electrons. The third kappa shape index (κ3) is 5.56. The van der Waals surface area contributed by atoms with Gasteiger partial charge in [-0.25, -0.2) is 0 Å². The fourth-order valence-electron chi connectivity index (χ4n) is 3.40. The van der Waals surface area contributed by atoms with E-state index in [4.69, 9.17) is 14.7 Å². The van der Waals surface area contributed by atoms with Gasteiger partial charge in [0.1, 0.15) is 11.8 Å². The van der Waals surface area contributed by atoms with Gasteiger partial charge in [-0.2, -0.15) is 44.8 Å². The summed E-state index contributed by atoms with van der Waals surface area (Å²) in [6.07, 6.45) is -17.3. The van der Waals surface area contributed by atoms with Crippen LogP contribution in [0.15, 0.2) is 30.5 Å². The third-order valence-electron chi connectivity index (χ3n) is 4.85. The minimum Gasteiger partial charge on any atom is -0.371 e. The molecule has 1 saturated heterocycles. The largest absolute Gasteiger partial charge is 0.433 e. The number of alkyl halides is 9. The minimum atomic E-state index is -5.27. The van der Waals surface area contributed by atoms with Crippen molar-refractivity contribution in [3.63, 3.8) is 0 Å². The van der Waals surface area contributed by atoms with Crippen LogP contribution in [0.25, 0.3) is 0 Å². The van der Waals surface area contributed by atoms with Gasteiger partial charge in [0.15, 0.2) is 0 Å². The maximum Gasteiger partial charge on any atom is 0.433 e. The van der Waals surface area contributed by atoms with E-state index in [2.05, 4.69) is 4.98 Å². The second kappa shape index (κ2) is 8.83. The van der Waals surface area contributed by atoms with Gasteiger partial charge in [0.2, 0.25) is 0 Å². The number of ether oxygens (including phenoxy) is 2. The van der Waals surface area contributed by atoms with Crippen molar-refractivity contribution in [2.24, 2.45) is 0 Å². The molecule has 1 aromatic heterocycles. The van der Waals surface area contributed by atoms with E-state index in [0.717, 1.165) is 12.3 Å². The predicted octanol–water partition coefficient (Wildman–Crippen LogP) is 6.23. The molecule has 1 aliphatic rings. The molecular formula is C20H13F9N2O2. The van der Waals surface area contributed by atoms with Gasteiger partial charge in [-0.05, 0) is 35.4 Å². The summed E-state index contributed by atoms with van der Waals surface area (Å²) in [5.41, 5.74) is -6.94. The van der Waals surface area contributed by atoms with E-state index in [1.54, 1.807) is 0 Å². The van der Waals surface area contributed by atoms with Gasteiger partial charge in [-0.15, -0.1) is 0 Å². The molecule has 0 aliphatic carbocycles. The van der Waals surface area contributed by atoms with Crippen molar-refractivity contribution < 1.29 is 49.0 Å². The Hall–Kier alpha value is -2.85. The lowest BCUT2D eigenvalue weighted by Crippen LogP contribution is -2.18. The van der Waals surface area contributed by atoms with E-state index >= 15 is 0 Å². The number of nitrogens with zero attached hydrogens (tertiary/aromatic N) is 2. The van der Waals surface area contributed by atoms with Gasteiger partial charge in [0, 0.05) is 12.6 Å². The summed E-state index contributed by atoms with van der Waals surface area (Å²) in [6.45, 7) is -0.402. The molecule has 0 N–H and O–H groups in total.